The monoisotopic (exact) mass is 268 g/mol. The van der Waals surface area contributed by atoms with E-state index in [2.05, 4.69) is 4.62 Å². The van der Waals surface area contributed by atoms with E-state index >= 15 is 0 Å². The van der Waals surface area contributed by atoms with Crippen LogP contribution >= 0.6 is 7.82 Å². The van der Waals surface area contributed by atoms with Gasteiger partial charge in [0.05, 0.1) is 4.90 Å². The third-order valence-electron chi connectivity index (χ3n) is 1.46. The summed E-state index contributed by atoms with van der Waals surface area (Å²) in [6.07, 6.45) is 0. The molecular weight excluding hydrogens is 259 g/mol. The Hall–Kier alpha value is -0.960. The lowest BCUT2D eigenvalue weighted by Gasteiger charge is -2.07. The second-order valence-electron chi connectivity index (χ2n) is 2.74. The van der Waals surface area contributed by atoms with Gasteiger partial charge in [0.15, 0.2) is 0 Å². The summed E-state index contributed by atoms with van der Waals surface area (Å²) in [4.78, 5) is 17.7. The maximum Gasteiger partial charge on any atom is 0.487 e. The molecule has 0 radical (unpaired) electrons. The Kier molecular flexibility index (Phi) is 3.68. The molecule has 0 saturated heterocycles. The first-order chi connectivity index (χ1) is 7.21. The predicted octanol–water partition coefficient (Wildman–Crippen LogP) is -0.429. The summed E-state index contributed by atoms with van der Waals surface area (Å²) in [5, 5.41) is 0. The molecule has 16 heavy (non-hydrogen) atoms. The van der Waals surface area contributed by atoms with Crippen LogP contribution in [0, 0.1) is 0 Å². The molecule has 0 heterocycles. The van der Waals surface area contributed by atoms with Crippen LogP contribution in [0.1, 0.15) is 0 Å². The van der Waals surface area contributed by atoms with E-state index in [9.17, 15) is 13.0 Å². The fourth-order valence-electron chi connectivity index (χ4n) is 0.793. The van der Waals surface area contributed by atoms with E-state index < -0.39 is 17.8 Å². The van der Waals surface area contributed by atoms with Gasteiger partial charge in [-0.25, -0.2) is 13.0 Å². The topological polar surface area (TPSA) is 139 Å². The van der Waals surface area contributed by atoms with Crippen LogP contribution in [0.25, 0.3) is 0 Å². The smallest absolute Gasteiger partial charge is 0.399 e. The summed E-state index contributed by atoms with van der Waals surface area (Å²) in [5.74, 6) is 0. The molecule has 0 aromatic heterocycles. The standard InChI is InChI=1S/C6H9N2O6PS/c7-5-1-3-6(4-2-5)16(12,13)8-14-15(9,10)11/h1-4,8H,7H2,(H2,9,10,11). The van der Waals surface area contributed by atoms with Crippen molar-refractivity contribution in [1.82, 2.24) is 4.89 Å². The molecule has 0 saturated carbocycles. The van der Waals surface area contributed by atoms with E-state index in [0.29, 0.717) is 5.69 Å². The number of sulfonamides is 1. The first kappa shape index (κ1) is 13.1. The first-order valence-corrected chi connectivity index (χ1v) is 6.83. The van der Waals surface area contributed by atoms with Gasteiger partial charge < -0.3 is 15.5 Å². The highest BCUT2D eigenvalue weighted by atomic mass is 32.2. The van der Waals surface area contributed by atoms with E-state index in [0.717, 1.165) is 0 Å². The van der Waals surface area contributed by atoms with E-state index in [4.69, 9.17) is 15.5 Å². The van der Waals surface area contributed by atoms with Crippen LogP contribution in [-0.2, 0) is 19.2 Å². The minimum absolute atomic E-state index is 0.227. The van der Waals surface area contributed by atoms with E-state index in [1.807, 2.05) is 0 Å². The lowest BCUT2D eigenvalue weighted by molar-refractivity contribution is 0.169. The van der Waals surface area contributed by atoms with Gasteiger partial charge in [0, 0.05) is 5.69 Å². The number of anilines is 1. The van der Waals surface area contributed by atoms with Crippen molar-refractivity contribution in [3.8, 4) is 0 Å². The minimum atomic E-state index is -4.91. The Morgan fingerprint density at radius 3 is 2.19 bits per heavy atom. The molecule has 0 amide bonds. The molecule has 0 atom stereocenters. The van der Waals surface area contributed by atoms with Gasteiger partial charge in [-0.15, -0.1) is 0 Å². The molecular formula is C6H9N2O6PS. The quantitative estimate of drug-likeness (QED) is 0.330. The van der Waals surface area contributed by atoms with Gasteiger partial charge in [0.1, 0.15) is 0 Å². The molecule has 0 aliphatic rings. The van der Waals surface area contributed by atoms with Crippen molar-refractivity contribution >= 4 is 23.5 Å². The Bertz CT molecular complexity index is 506. The predicted molar refractivity (Wildman–Crippen MR) is 54.3 cm³/mol. The molecule has 1 rings (SSSR count). The van der Waals surface area contributed by atoms with Crippen molar-refractivity contribution in [2.75, 3.05) is 5.73 Å². The highest BCUT2D eigenvalue weighted by Gasteiger charge is 2.21. The van der Waals surface area contributed by atoms with Gasteiger partial charge in [0.25, 0.3) is 10.0 Å². The van der Waals surface area contributed by atoms with Gasteiger partial charge >= 0.3 is 7.82 Å². The summed E-state index contributed by atoms with van der Waals surface area (Å²) < 4.78 is 36.7. The molecule has 0 aliphatic heterocycles. The molecule has 0 unspecified atom stereocenters. The third-order valence-corrected chi connectivity index (χ3v) is 3.10. The molecule has 90 valence electrons. The van der Waals surface area contributed by atoms with Crippen molar-refractivity contribution in [3.63, 3.8) is 0 Å². The molecule has 8 nitrogen and oxygen atoms in total. The summed E-state index contributed by atoms with van der Waals surface area (Å²) in [5.41, 5.74) is 5.70. The van der Waals surface area contributed by atoms with Gasteiger partial charge in [0.2, 0.25) is 0 Å². The van der Waals surface area contributed by atoms with Crippen molar-refractivity contribution in [3.05, 3.63) is 24.3 Å². The zero-order chi connectivity index (χ0) is 12.4. The average Bonchev–Trinajstić information content (AvgIpc) is 2.15. The van der Waals surface area contributed by atoms with Crippen LogP contribution in [0.3, 0.4) is 0 Å². The summed E-state index contributed by atoms with van der Waals surface area (Å²) >= 11 is 0. The fourth-order valence-corrected chi connectivity index (χ4v) is 2.16. The summed E-state index contributed by atoms with van der Waals surface area (Å²) in [6.45, 7) is 0. The van der Waals surface area contributed by atoms with Crippen molar-refractivity contribution < 1.29 is 27.4 Å². The van der Waals surface area contributed by atoms with Crippen molar-refractivity contribution in [1.29, 1.82) is 0 Å². The first-order valence-electron chi connectivity index (χ1n) is 3.82. The van der Waals surface area contributed by atoms with Crippen LogP contribution in [0.15, 0.2) is 29.2 Å². The maximum atomic E-state index is 11.4. The van der Waals surface area contributed by atoms with E-state index in [1.165, 1.54) is 29.2 Å². The minimum Gasteiger partial charge on any atom is -0.399 e. The average molecular weight is 268 g/mol. The Morgan fingerprint density at radius 1 is 1.25 bits per heavy atom. The molecule has 1 aromatic rings. The lowest BCUT2D eigenvalue weighted by Crippen LogP contribution is -2.22. The molecule has 0 spiro atoms. The van der Waals surface area contributed by atoms with Crippen molar-refractivity contribution in [2.24, 2.45) is 0 Å². The second-order valence-corrected chi connectivity index (χ2v) is 5.55. The Morgan fingerprint density at radius 2 is 1.75 bits per heavy atom. The zero-order valence-corrected chi connectivity index (χ0v) is 9.48. The van der Waals surface area contributed by atoms with E-state index in [-0.39, 0.29) is 4.90 Å². The number of nitrogens with two attached hydrogens (primary N) is 1. The van der Waals surface area contributed by atoms with Crippen LogP contribution in [-0.4, -0.2) is 18.2 Å². The number of phosphoric acid groups is 1. The van der Waals surface area contributed by atoms with Gasteiger partial charge in [-0.1, -0.05) is 4.89 Å². The number of nitrogens with one attached hydrogen (secondary N) is 1. The number of rotatable bonds is 4. The normalized spacial score (nSPS) is 12.6. The molecule has 0 fully saturated rings. The summed E-state index contributed by atoms with van der Waals surface area (Å²) in [7, 11) is -9.04. The Balaban J connectivity index is 2.87. The highest BCUT2D eigenvalue weighted by molar-refractivity contribution is 7.89. The number of hydrogen-bond acceptors (Lipinski definition) is 5. The zero-order valence-electron chi connectivity index (χ0n) is 7.77. The number of nitrogen functional groups attached to an aromatic ring is 1. The van der Waals surface area contributed by atoms with Gasteiger partial charge in [-0.05, 0) is 24.3 Å². The van der Waals surface area contributed by atoms with Gasteiger partial charge in [-0.3, -0.25) is 0 Å². The Labute approximate surface area is 91.3 Å². The maximum absolute atomic E-state index is 11.4. The third kappa shape index (κ3) is 3.89. The number of hydrogen-bond donors (Lipinski definition) is 4. The molecule has 1 aromatic carbocycles. The molecule has 10 heteroatoms. The fraction of sp³-hybridized carbons (Fsp3) is 0. The van der Waals surface area contributed by atoms with Gasteiger partial charge in [-0.2, -0.15) is 4.62 Å². The SMILES string of the molecule is Nc1ccc(S(=O)(=O)NOP(=O)(O)O)cc1. The van der Waals surface area contributed by atoms with Crippen LogP contribution in [0.4, 0.5) is 5.69 Å². The van der Waals surface area contributed by atoms with Crippen molar-refractivity contribution in [2.45, 2.75) is 4.90 Å². The van der Waals surface area contributed by atoms with Crippen LogP contribution in [0.2, 0.25) is 0 Å². The molecule has 0 bridgehead atoms. The second kappa shape index (κ2) is 4.50. The lowest BCUT2D eigenvalue weighted by atomic mass is 10.3. The van der Waals surface area contributed by atoms with Crippen LogP contribution < -0.4 is 10.6 Å². The largest absolute Gasteiger partial charge is 0.487 e. The van der Waals surface area contributed by atoms with E-state index in [1.54, 1.807) is 0 Å². The summed E-state index contributed by atoms with van der Waals surface area (Å²) in [6, 6.07) is 4.99. The highest BCUT2D eigenvalue weighted by Crippen LogP contribution is 2.34. The van der Waals surface area contributed by atoms with Crippen LogP contribution in [0.5, 0.6) is 0 Å². The molecule has 0 aliphatic carbocycles. The number of benzene rings is 1. The molecule has 5 N–H and O–H groups in total.